The van der Waals surface area contributed by atoms with Gasteiger partial charge in [0.15, 0.2) is 0 Å². The van der Waals surface area contributed by atoms with E-state index in [1.807, 2.05) is 23.7 Å². The lowest BCUT2D eigenvalue weighted by molar-refractivity contribution is -0.115. The van der Waals surface area contributed by atoms with Crippen LogP contribution >= 0.6 is 11.3 Å². The molecule has 1 aromatic heterocycles. The van der Waals surface area contributed by atoms with Gasteiger partial charge in [0.2, 0.25) is 5.96 Å². The lowest BCUT2D eigenvalue weighted by Crippen LogP contribution is -2.36. The van der Waals surface area contributed by atoms with Crippen molar-refractivity contribution in [2.24, 2.45) is 10.9 Å². The lowest BCUT2D eigenvalue weighted by atomic mass is 10.1. The summed E-state index contributed by atoms with van der Waals surface area (Å²) in [6.07, 6.45) is 7.50. The number of allylic oxidation sites excluding steroid dienone is 1. The van der Waals surface area contributed by atoms with Gasteiger partial charge in [-0.2, -0.15) is 0 Å². The van der Waals surface area contributed by atoms with Crippen LogP contribution < -0.4 is 10.6 Å². The van der Waals surface area contributed by atoms with Gasteiger partial charge in [0.25, 0.3) is 5.91 Å². The van der Waals surface area contributed by atoms with E-state index in [1.54, 1.807) is 17.4 Å². The van der Waals surface area contributed by atoms with Gasteiger partial charge in [-0.3, -0.25) is 10.1 Å². The quantitative estimate of drug-likeness (QED) is 0.698. The number of aliphatic imine (C=N–C) groups is 1. The predicted octanol–water partition coefficient (Wildman–Crippen LogP) is 3.82. The fourth-order valence-electron chi connectivity index (χ4n) is 2.77. The number of hydrogen-bond acceptors (Lipinski definition) is 6. The minimum absolute atomic E-state index is 0.210. The molecule has 1 amide bonds. The minimum Gasteiger partial charge on any atom is -0.372 e. The standard InChI is InChI=1S/C21H24N4O2S/c1-13(2)3-5-15(11-27-16-6-7-16)23-21-24-18(20(26)25-21)9-14-4-8-17-19(10-14)28-12-22-17/h4-5,8-10,12-13,16H,3,6-7,11H2,1-2H3,(H2,23,24,25,26)/b15-5?,18-9-. The Bertz CT molecular complexity index is 970. The summed E-state index contributed by atoms with van der Waals surface area (Å²) in [6, 6.07) is 5.92. The molecule has 2 aliphatic rings. The number of nitrogens with zero attached hydrogens (tertiary/aromatic N) is 2. The molecule has 1 aliphatic carbocycles. The molecular formula is C21H24N4O2S. The summed E-state index contributed by atoms with van der Waals surface area (Å²) >= 11 is 1.58. The first-order valence-corrected chi connectivity index (χ1v) is 10.5. The SMILES string of the molecule is CC(C)CC=C(COC1CC1)NC1=N/C(=C\c2ccc3ncsc3c2)C(=O)N1. The lowest BCUT2D eigenvalue weighted by Gasteiger charge is -2.12. The van der Waals surface area contributed by atoms with Crippen molar-refractivity contribution in [1.82, 2.24) is 15.6 Å². The largest absolute Gasteiger partial charge is 0.372 e. The van der Waals surface area contributed by atoms with Crippen molar-refractivity contribution >= 4 is 39.5 Å². The molecule has 2 aromatic rings. The Labute approximate surface area is 168 Å². The number of hydrogen-bond donors (Lipinski definition) is 2. The maximum absolute atomic E-state index is 12.3. The monoisotopic (exact) mass is 396 g/mol. The molecule has 1 aliphatic heterocycles. The molecule has 0 unspecified atom stereocenters. The van der Waals surface area contributed by atoms with Gasteiger partial charge in [-0.1, -0.05) is 26.0 Å². The highest BCUT2D eigenvalue weighted by atomic mass is 32.1. The number of guanidine groups is 1. The zero-order chi connectivity index (χ0) is 19.5. The van der Waals surface area contributed by atoms with E-state index in [0.717, 1.165) is 40.7 Å². The molecule has 6 nitrogen and oxygen atoms in total. The molecule has 0 radical (unpaired) electrons. The van der Waals surface area contributed by atoms with Crippen molar-refractivity contribution < 1.29 is 9.53 Å². The second-order valence-corrected chi connectivity index (χ2v) is 8.40. The van der Waals surface area contributed by atoms with Crippen LogP contribution in [0.4, 0.5) is 0 Å². The molecule has 0 saturated heterocycles. The van der Waals surface area contributed by atoms with E-state index in [0.29, 0.717) is 30.3 Å². The van der Waals surface area contributed by atoms with Crippen molar-refractivity contribution in [3.8, 4) is 0 Å². The van der Waals surface area contributed by atoms with Crippen LogP contribution in [0.2, 0.25) is 0 Å². The maximum Gasteiger partial charge on any atom is 0.276 e. The summed E-state index contributed by atoms with van der Waals surface area (Å²) in [4.78, 5) is 21.0. The van der Waals surface area contributed by atoms with Crippen LogP contribution in [0.3, 0.4) is 0 Å². The fraction of sp³-hybridized carbons (Fsp3) is 0.381. The molecule has 146 valence electrons. The third-order valence-electron chi connectivity index (χ3n) is 4.47. The third-order valence-corrected chi connectivity index (χ3v) is 5.26. The second kappa shape index (κ2) is 8.24. The topological polar surface area (TPSA) is 75.6 Å². The molecule has 1 saturated carbocycles. The number of ether oxygens (including phenoxy) is 1. The van der Waals surface area contributed by atoms with Gasteiger partial charge >= 0.3 is 0 Å². The maximum atomic E-state index is 12.3. The highest BCUT2D eigenvalue weighted by Crippen LogP contribution is 2.24. The molecule has 7 heteroatoms. The van der Waals surface area contributed by atoms with Crippen LogP contribution in [0.1, 0.15) is 38.7 Å². The van der Waals surface area contributed by atoms with Crippen molar-refractivity contribution in [3.63, 3.8) is 0 Å². The first kappa shape index (κ1) is 18.8. The summed E-state index contributed by atoms with van der Waals surface area (Å²) in [5.74, 6) is 0.790. The van der Waals surface area contributed by atoms with Crippen molar-refractivity contribution in [2.45, 2.75) is 39.2 Å². The van der Waals surface area contributed by atoms with E-state index in [9.17, 15) is 4.79 Å². The summed E-state index contributed by atoms with van der Waals surface area (Å²) < 4.78 is 6.91. The number of nitrogens with one attached hydrogen (secondary N) is 2. The van der Waals surface area contributed by atoms with Gasteiger partial charge in [0.1, 0.15) is 5.70 Å². The van der Waals surface area contributed by atoms with Crippen LogP contribution in [0.25, 0.3) is 16.3 Å². The molecule has 0 bridgehead atoms. The van der Waals surface area contributed by atoms with Crippen LogP contribution in [-0.4, -0.2) is 29.6 Å². The van der Waals surface area contributed by atoms with Gasteiger partial charge in [-0.05, 0) is 49.0 Å². The summed E-state index contributed by atoms with van der Waals surface area (Å²) in [5.41, 5.74) is 5.03. The number of fused-ring (bicyclic) bond motifs is 1. The fourth-order valence-corrected chi connectivity index (χ4v) is 3.49. The van der Waals surface area contributed by atoms with Gasteiger partial charge < -0.3 is 10.1 Å². The highest BCUT2D eigenvalue weighted by molar-refractivity contribution is 7.16. The van der Waals surface area contributed by atoms with Crippen molar-refractivity contribution in [1.29, 1.82) is 0 Å². The third kappa shape index (κ3) is 4.85. The van der Waals surface area contributed by atoms with Crippen LogP contribution in [0.5, 0.6) is 0 Å². The number of aromatic nitrogens is 1. The Hall–Kier alpha value is -2.51. The number of thiazole rings is 1. The Morgan fingerprint density at radius 3 is 3.07 bits per heavy atom. The average Bonchev–Trinajstić information content (AvgIpc) is 3.27. The zero-order valence-electron chi connectivity index (χ0n) is 16.1. The number of carbonyl (C=O) groups is 1. The summed E-state index contributed by atoms with van der Waals surface area (Å²) in [7, 11) is 0. The van der Waals surface area contributed by atoms with Gasteiger partial charge in [0, 0.05) is 5.70 Å². The Morgan fingerprint density at radius 1 is 1.43 bits per heavy atom. The number of rotatable bonds is 7. The van der Waals surface area contributed by atoms with E-state index in [-0.39, 0.29) is 5.91 Å². The van der Waals surface area contributed by atoms with Crippen LogP contribution in [0.15, 0.2) is 46.2 Å². The van der Waals surface area contributed by atoms with Gasteiger partial charge in [-0.15, -0.1) is 11.3 Å². The molecule has 4 rings (SSSR count). The Morgan fingerprint density at radius 2 is 2.29 bits per heavy atom. The first-order valence-electron chi connectivity index (χ1n) is 9.59. The summed E-state index contributed by atoms with van der Waals surface area (Å²) in [5, 5.41) is 6.03. The number of carbonyl (C=O) groups excluding carboxylic acids is 1. The van der Waals surface area contributed by atoms with E-state index in [2.05, 4.69) is 40.5 Å². The average molecular weight is 397 g/mol. The molecule has 2 heterocycles. The van der Waals surface area contributed by atoms with E-state index in [1.165, 1.54) is 0 Å². The highest BCUT2D eigenvalue weighted by Gasteiger charge is 2.24. The summed E-state index contributed by atoms with van der Waals surface area (Å²) in [6.45, 7) is 4.85. The van der Waals surface area contributed by atoms with E-state index < -0.39 is 0 Å². The minimum atomic E-state index is -0.210. The predicted molar refractivity (Wildman–Crippen MR) is 113 cm³/mol. The molecule has 0 spiro atoms. The molecule has 1 fully saturated rings. The number of benzene rings is 1. The van der Waals surface area contributed by atoms with Crippen LogP contribution in [-0.2, 0) is 9.53 Å². The van der Waals surface area contributed by atoms with Gasteiger partial charge in [0.05, 0.1) is 28.4 Å². The molecule has 1 aromatic carbocycles. The molecule has 2 N–H and O–H groups in total. The van der Waals surface area contributed by atoms with E-state index in [4.69, 9.17) is 4.74 Å². The van der Waals surface area contributed by atoms with E-state index >= 15 is 0 Å². The zero-order valence-corrected chi connectivity index (χ0v) is 16.9. The normalized spacial score (nSPS) is 18.8. The number of amides is 1. The second-order valence-electron chi connectivity index (χ2n) is 7.52. The smallest absolute Gasteiger partial charge is 0.276 e. The Balaban J connectivity index is 1.48. The van der Waals surface area contributed by atoms with Crippen molar-refractivity contribution in [2.75, 3.05) is 6.61 Å². The van der Waals surface area contributed by atoms with Gasteiger partial charge in [-0.25, -0.2) is 9.98 Å². The molecular weight excluding hydrogens is 372 g/mol. The first-order chi connectivity index (χ1) is 13.6. The molecule has 0 atom stereocenters. The van der Waals surface area contributed by atoms with Crippen molar-refractivity contribution in [3.05, 3.63) is 46.7 Å². The molecule has 28 heavy (non-hydrogen) atoms. The van der Waals surface area contributed by atoms with Crippen LogP contribution in [0, 0.1) is 5.92 Å². The Kier molecular flexibility index (Phi) is 5.54.